The van der Waals surface area contributed by atoms with Crippen LogP contribution in [-0.2, 0) is 5.54 Å². The Morgan fingerprint density at radius 2 is 1.63 bits per heavy atom. The summed E-state index contributed by atoms with van der Waals surface area (Å²) in [6.07, 6.45) is 7.36. The van der Waals surface area contributed by atoms with Gasteiger partial charge in [-0.25, -0.2) is 0 Å². The lowest BCUT2D eigenvalue weighted by atomic mass is 9.82. The van der Waals surface area contributed by atoms with Crippen LogP contribution in [0.15, 0.2) is 96.7 Å². The van der Waals surface area contributed by atoms with Crippen LogP contribution >= 0.6 is 0 Å². The van der Waals surface area contributed by atoms with Crippen LogP contribution in [-0.4, -0.2) is 14.2 Å². The van der Waals surface area contributed by atoms with Gasteiger partial charge in [0.25, 0.3) is 0 Å². The molecular formula is C26H24N2O2. The topological polar surface area (TPSA) is 33.7 Å². The highest BCUT2D eigenvalue weighted by atomic mass is 16.5. The van der Waals surface area contributed by atoms with Gasteiger partial charge in [0.1, 0.15) is 17.0 Å². The third kappa shape index (κ3) is 2.76. The molecule has 0 amide bonds. The molecule has 1 heterocycles. The van der Waals surface area contributed by atoms with E-state index in [0.29, 0.717) is 0 Å². The molecule has 0 spiro atoms. The van der Waals surface area contributed by atoms with E-state index in [0.717, 1.165) is 40.5 Å². The summed E-state index contributed by atoms with van der Waals surface area (Å²) in [7, 11) is 3.41. The minimum absolute atomic E-state index is 0.427. The molecule has 1 atom stereocenters. The zero-order valence-electron chi connectivity index (χ0n) is 17.1. The molecule has 5 rings (SSSR count). The number of hydrogen-bond donors (Lipinski definition) is 1. The highest BCUT2D eigenvalue weighted by Gasteiger charge is 2.49. The predicted octanol–water partition coefficient (Wildman–Crippen LogP) is 6.01. The molecule has 0 bridgehead atoms. The van der Waals surface area contributed by atoms with Crippen LogP contribution in [0.5, 0.6) is 11.5 Å². The Morgan fingerprint density at radius 1 is 0.900 bits per heavy atom. The smallest absolute Gasteiger partial charge is 0.146 e. The molecule has 0 radical (unpaired) electrons. The Hall–Kier alpha value is -3.66. The maximum Gasteiger partial charge on any atom is 0.146 e. The average Bonchev–Trinajstić information content (AvgIpc) is 3.09. The fourth-order valence-corrected chi connectivity index (χ4v) is 4.49. The standard InChI is InChI=1S/C26H24N2O2/c1-29-21-17-22-25(23(18-21)30-2)28(20-13-7-4-8-14-20)24-15-9-10-16-26(22,24)27-19-11-5-3-6-12-19/h3-15,17-18,27H,16H2,1-2H3/t26-/m1/s1. The molecule has 0 saturated heterocycles. The maximum atomic E-state index is 5.86. The van der Waals surface area contributed by atoms with Gasteiger partial charge in [0.05, 0.1) is 25.6 Å². The number of para-hydroxylation sites is 2. The second kappa shape index (κ2) is 7.30. The quantitative estimate of drug-likeness (QED) is 0.573. The van der Waals surface area contributed by atoms with Crippen molar-refractivity contribution in [3.63, 3.8) is 0 Å². The molecule has 2 aliphatic rings. The monoisotopic (exact) mass is 396 g/mol. The summed E-state index contributed by atoms with van der Waals surface area (Å²) in [5, 5.41) is 3.84. The Morgan fingerprint density at radius 3 is 2.33 bits per heavy atom. The SMILES string of the molecule is COc1cc(OC)c2c(c1)[C@]1(Nc3ccccc3)CC=CC=C1N2c1ccccc1. The van der Waals surface area contributed by atoms with E-state index in [1.807, 2.05) is 18.2 Å². The van der Waals surface area contributed by atoms with Gasteiger partial charge in [0, 0.05) is 23.0 Å². The van der Waals surface area contributed by atoms with Crippen molar-refractivity contribution in [2.24, 2.45) is 0 Å². The molecule has 1 N–H and O–H groups in total. The maximum absolute atomic E-state index is 5.86. The zero-order valence-corrected chi connectivity index (χ0v) is 17.1. The molecule has 4 heteroatoms. The third-order valence-electron chi connectivity index (χ3n) is 5.83. The van der Waals surface area contributed by atoms with Gasteiger partial charge < -0.3 is 19.7 Å². The largest absolute Gasteiger partial charge is 0.497 e. The molecule has 150 valence electrons. The van der Waals surface area contributed by atoms with Gasteiger partial charge in [0.2, 0.25) is 0 Å². The molecule has 1 aliphatic heterocycles. The summed E-state index contributed by atoms with van der Waals surface area (Å²) in [5.74, 6) is 1.57. The minimum Gasteiger partial charge on any atom is -0.497 e. The first kappa shape index (κ1) is 18.4. The van der Waals surface area contributed by atoms with Crippen molar-refractivity contribution >= 4 is 17.1 Å². The Kier molecular flexibility index (Phi) is 4.47. The van der Waals surface area contributed by atoms with Crippen LogP contribution < -0.4 is 19.7 Å². The Labute approximate surface area is 177 Å². The first-order chi connectivity index (χ1) is 14.8. The number of fused-ring (bicyclic) bond motifs is 3. The van der Waals surface area contributed by atoms with Crippen LogP contribution in [0.2, 0.25) is 0 Å². The van der Waals surface area contributed by atoms with Crippen molar-refractivity contribution in [1.29, 1.82) is 0 Å². The summed E-state index contributed by atoms with van der Waals surface area (Å²) in [6.45, 7) is 0. The summed E-state index contributed by atoms with van der Waals surface area (Å²) < 4.78 is 11.5. The molecule has 4 nitrogen and oxygen atoms in total. The van der Waals surface area contributed by atoms with E-state index in [-0.39, 0.29) is 0 Å². The first-order valence-electron chi connectivity index (χ1n) is 10.1. The number of benzene rings is 3. The highest BCUT2D eigenvalue weighted by Crippen LogP contribution is 2.58. The number of nitrogens with one attached hydrogen (secondary N) is 1. The van der Waals surface area contributed by atoms with Crippen molar-refractivity contribution < 1.29 is 9.47 Å². The van der Waals surface area contributed by atoms with Crippen molar-refractivity contribution in [3.8, 4) is 11.5 Å². The van der Waals surface area contributed by atoms with Crippen LogP contribution in [0.25, 0.3) is 0 Å². The number of methoxy groups -OCH3 is 2. The summed E-state index contributed by atoms with van der Waals surface area (Å²) >= 11 is 0. The van der Waals surface area contributed by atoms with E-state index in [2.05, 4.69) is 83.0 Å². The van der Waals surface area contributed by atoms with E-state index in [9.17, 15) is 0 Å². The van der Waals surface area contributed by atoms with Gasteiger partial charge in [-0.15, -0.1) is 0 Å². The average molecular weight is 396 g/mol. The minimum atomic E-state index is -0.427. The number of allylic oxidation sites excluding steroid dienone is 2. The second-order valence-electron chi connectivity index (χ2n) is 7.48. The van der Waals surface area contributed by atoms with E-state index >= 15 is 0 Å². The van der Waals surface area contributed by atoms with Gasteiger partial charge in [-0.05, 0) is 42.8 Å². The predicted molar refractivity (Wildman–Crippen MR) is 122 cm³/mol. The van der Waals surface area contributed by atoms with E-state index in [1.54, 1.807) is 14.2 Å². The van der Waals surface area contributed by atoms with Gasteiger partial charge >= 0.3 is 0 Å². The van der Waals surface area contributed by atoms with Crippen LogP contribution in [0, 0.1) is 0 Å². The molecule has 0 fully saturated rings. The molecular weight excluding hydrogens is 372 g/mol. The van der Waals surface area contributed by atoms with Crippen LogP contribution in [0.4, 0.5) is 17.1 Å². The molecule has 3 aromatic rings. The summed E-state index contributed by atoms with van der Waals surface area (Å²) in [4.78, 5) is 2.30. The number of rotatable bonds is 5. The van der Waals surface area contributed by atoms with E-state index in [4.69, 9.17) is 9.47 Å². The lowest BCUT2D eigenvalue weighted by Gasteiger charge is -2.36. The van der Waals surface area contributed by atoms with Gasteiger partial charge in [-0.1, -0.05) is 48.6 Å². The number of nitrogens with zero attached hydrogens (tertiary/aromatic N) is 1. The number of ether oxygens (including phenoxy) is 2. The number of anilines is 3. The van der Waals surface area contributed by atoms with E-state index in [1.165, 1.54) is 5.70 Å². The fourth-order valence-electron chi connectivity index (χ4n) is 4.49. The molecule has 3 aromatic carbocycles. The second-order valence-corrected chi connectivity index (χ2v) is 7.48. The molecule has 0 aromatic heterocycles. The summed E-state index contributed by atoms with van der Waals surface area (Å²) in [5.41, 5.74) is 5.09. The molecule has 0 saturated carbocycles. The van der Waals surface area contributed by atoms with Crippen molar-refractivity contribution in [2.75, 3.05) is 24.4 Å². The van der Waals surface area contributed by atoms with Crippen molar-refractivity contribution in [3.05, 3.63) is 102 Å². The molecule has 30 heavy (non-hydrogen) atoms. The summed E-state index contributed by atoms with van der Waals surface area (Å²) in [6, 6.07) is 24.9. The van der Waals surface area contributed by atoms with Gasteiger partial charge in [-0.3, -0.25) is 0 Å². The molecule has 1 aliphatic carbocycles. The van der Waals surface area contributed by atoms with Crippen molar-refractivity contribution in [2.45, 2.75) is 12.0 Å². The van der Waals surface area contributed by atoms with Crippen LogP contribution in [0.3, 0.4) is 0 Å². The fraction of sp³-hybridized carbons (Fsp3) is 0.154. The lowest BCUT2D eigenvalue weighted by Crippen LogP contribution is -2.38. The number of hydrogen-bond acceptors (Lipinski definition) is 4. The van der Waals surface area contributed by atoms with Crippen LogP contribution in [0.1, 0.15) is 12.0 Å². The Bertz CT molecular complexity index is 1120. The molecule has 0 unspecified atom stereocenters. The van der Waals surface area contributed by atoms with Gasteiger partial charge in [0.15, 0.2) is 0 Å². The van der Waals surface area contributed by atoms with Gasteiger partial charge in [-0.2, -0.15) is 0 Å². The van der Waals surface area contributed by atoms with E-state index < -0.39 is 5.54 Å². The first-order valence-corrected chi connectivity index (χ1v) is 10.1. The highest BCUT2D eigenvalue weighted by molar-refractivity contribution is 5.87. The third-order valence-corrected chi connectivity index (χ3v) is 5.83. The zero-order chi connectivity index (χ0) is 20.6. The normalized spacial score (nSPS) is 19.0. The van der Waals surface area contributed by atoms with Crippen molar-refractivity contribution in [1.82, 2.24) is 0 Å². The lowest BCUT2D eigenvalue weighted by molar-refractivity contribution is 0.394. The Balaban J connectivity index is 1.79.